The lowest BCUT2D eigenvalue weighted by molar-refractivity contribution is -0.175. The van der Waals surface area contributed by atoms with Crippen molar-refractivity contribution in [3.8, 4) is 0 Å². The van der Waals surface area contributed by atoms with Crippen LogP contribution in [0.3, 0.4) is 0 Å². The minimum Gasteiger partial charge on any atom is -0.343 e. The van der Waals surface area contributed by atoms with E-state index in [1.165, 1.54) is 11.1 Å². The summed E-state index contributed by atoms with van der Waals surface area (Å²) in [6.07, 6.45) is 3.33. The second kappa shape index (κ2) is 3.07. The largest absolute Gasteiger partial charge is 0.343 e. The number of ether oxygens (including phenoxy) is 2. The van der Waals surface area contributed by atoms with E-state index >= 15 is 0 Å². The molecule has 0 atom stereocenters. The highest BCUT2D eigenvalue weighted by atomic mass is 16.7. The van der Waals surface area contributed by atoms with Gasteiger partial charge in [-0.25, -0.2) is 0 Å². The molecule has 1 aliphatic carbocycles. The molecule has 1 aliphatic heterocycles. The van der Waals surface area contributed by atoms with Crippen molar-refractivity contribution in [2.75, 3.05) is 13.2 Å². The maximum atomic E-state index is 5.79. The number of hydrogen-bond donors (Lipinski definition) is 0. The van der Waals surface area contributed by atoms with E-state index in [1.54, 1.807) is 0 Å². The molecule has 1 aromatic carbocycles. The first-order valence-electron chi connectivity index (χ1n) is 5.27. The van der Waals surface area contributed by atoms with Gasteiger partial charge in [-0.1, -0.05) is 24.3 Å². The maximum absolute atomic E-state index is 5.79. The van der Waals surface area contributed by atoms with Crippen molar-refractivity contribution < 1.29 is 9.47 Å². The van der Waals surface area contributed by atoms with E-state index in [1.807, 2.05) is 0 Å². The predicted molar refractivity (Wildman–Crippen MR) is 53.0 cm³/mol. The van der Waals surface area contributed by atoms with Crippen LogP contribution in [0.5, 0.6) is 0 Å². The molecule has 2 nitrogen and oxygen atoms in total. The monoisotopic (exact) mass is 190 g/mol. The molecule has 74 valence electrons. The van der Waals surface area contributed by atoms with Gasteiger partial charge in [0, 0.05) is 12.0 Å². The zero-order valence-electron chi connectivity index (χ0n) is 8.16. The summed E-state index contributed by atoms with van der Waals surface area (Å²) in [6.45, 7) is 1.46. The van der Waals surface area contributed by atoms with Crippen molar-refractivity contribution in [1.82, 2.24) is 0 Å². The molecule has 0 amide bonds. The maximum Gasteiger partial charge on any atom is 0.195 e. The smallest absolute Gasteiger partial charge is 0.195 e. The zero-order valence-corrected chi connectivity index (χ0v) is 8.16. The quantitative estimate of drug-likeness (QED) is 0.624. The molecule has 14 heavy (non-hydrogen) atoms. The lowest BCUT2D eigenvalue weighted by atomic mass is 9.87. The number of rotatable bonds is 0. The van der Waals surface area contributed by atoms with Crippen LogP contribution in [-0.4, -0.2) is 13.2 Å². The Morgan fingerprint density at radius 2 is 1.86 bits per heavy atom. The standard InChI is InChI=1S/C12H14O2/c1-2-6-11-10(4-1)5-3-7-12(11)13-8-9-14-12/h1-2,4,6H,3,5,7-9H2. The zero-order chi connectivity index (χ0) is 9.43. The normalized spacial score (nSPS) is 23.7. The lowest BCUT2D eigenvalue weighted by Gasteiger charge is -2.33. The van der Waals surface area contributed by atoms with Gasteiger partial charge in [0.15, 0.2) is 5.79 Å². The van der Waals surface area contributed by atoms with Crippen LogP contribution in [-0.2, 0) is 21.7 Å². The van der Waals surface area contributed by atoms with Crippen LogP contribution in [0.25, 0.3) is 0 Å². The molecule has 0 radical (unpaired) electrons. The molecule has 2 aliphatic rings. The molecular weight excluding hydrogens is 176 g/mol. The molecule has 0 aromatic heterocycles. The summed E-state index contributed by atoms with van der Waals surface area (Å²) < 4.78 is 11.6. The van der Waals surface area contributed by atoms with Gasteiger partial charge in [-0.05, 0) is 18.4 Å². The van der Waals surface area contributed by atoms with Crippen LogP contribution >= 0.6 is 0 Å². The van der Waals surface area contributed by atoms with Crippen LogP contribution < -0.4 is 0 Å². The first-order valence-corrected chi connectivity index (χ1v) is 5.27. The molecule has 0 saturated carbocycles. The summed E-state index contributed by atoms with van der Waals surface area (Å²) in [4.78, 5) is 0. The van der Waals surface area contributed by atoms with Gasteiger partial charge < -0.3 is 9.47 Å². The van der Waals surface area contributed by atoms with Crippen molar-refractivity contribution in [3.05, 3.63) is 35.4 Å². The van der Waals surface area contributed by atoms with Crippen molar-refractivity contribution >= 4 is 0 Å². The Balaban J connectivity index is 2.10. The van der Waals surface area contributed by atoms with E-state index in [0.717, 1.165) is 32.5 Å². The van der Waals surface area contributed by atoms with Crippen LogP contribution in [0.4, 0.5) is 0 Å². The van der Waals surface area contributed by atoms with Gasteiger partial charge in [0.1, 0.15) is 0 Å². The fourth-order valence-electron chi connectivity index (χ4n) is 2.51. The van der Waals surface area contributed by atoms with Gasteiger partial charge in [-0.2, -0.15) is 0 Å². The van der Waals surface area contributed by atoms with E-state index in [0.29, 0.717) is 0 Å². The van der Waals surface area contributed by atoms with Crippen molar-refractivity contribution in [2.24, 2.45) is 0 Å². The predicted octanol–water partition coefficient (Wildman–Crippen LogP) is 2.22. The Morgan fingerprint density at radius 1 is 1.07 bits per heavy atom. The first kappa shape index (κ1) is 8.45. The Labute approximate surface area is 83.8 Å². The van der Waals surface area contributed by atoms with Crippen molar-refractivity contribution in [3.63, 3.8) is 0 Å². The average Bonchev–Trinajstić information content (AvgIpc) is 2.68. The lowest BCUT2D eigenvalue weighted by Crippen LogP contribution is -2.31. The second-order valence-electron chi connectivity index (χ2n) is 3.96. The second-order valence-corrected chi connectivity index (χ2v) is 3.96. The fourth-order valence-corrected chi connectivity index (χ4v) is 2.51. The van der Waals surface area contributed by atoms with Crippen LogP contribution in [0.2, 0.25) is 0 Å². The van der Waals surface area contributed by atoms with Gasteiger partial charge in [0.25, 0.3) is 0 Å². The molecule has 3 rings (SSSR count). The number of aryl methyl sites for hydroxylation is 1. The van der Waals surface area contributed by atoms with E-state index in [4.69, 9.17) is 9.47 Å². The van der Waals surface area contributed by atoms with Gasteiger partial charge >= 0.3 is 0 Å². The highest BCUT2D eigenvalue weighted by Gasteiger charge is 2.41. The highest BCUT2D eigenvalue weighted by molar-refractivity contribution is 5.33. The Bertz CT molecular complexity index is 340. The summed E-state index contributed by atoms with van der Waals surface area (Å²) in [5, 5.41) is 0. The van der Waals surface area contributed by atoms with Gasteiger partial charge in [0.05, 0.1) is 13.2 Å². The summed E-state index contributed by atoms with van der Waals surface area (Å²) in [5.41, 5.74) is 2.64. The SMILES string of the molecule is c1ccc2c(c1)CCCC21OCCO1. The Kier molecular flexibility index (Phi) is 1.85. The average molecular weight is 190 g/mol. The van der Waals surface area contributed by atoms with E-state index in [9.17, 15) is 0 Å². The topological polar surface area (TPSA) is 18.5 Å². The number of benzene rings is 1. The van der Waals surface area contributed by atoms with Gasteiger partial charge in [-0.15, -0.1) is 0 Å². The van der Waals surface area contributed by atoms with Crippen LogP contribution in [0.1, 0.15) is 24.0 Å². The summed E-state index contributed by atoms with van der Waals surface area (Å²) in [7, 11) is 0. The minimum atomic E-state index is -0.394. The summed E-state index contributed by atoms with van der Waals surface area (Å²) >= 11 is 0. The Hall–Kier alpha value is -0.860. The van der Waals surface area contributed by atoms with E-state index in [2.05, 4.69) is 24.3 Å². The van der Waals surface area contributed by atoms with Gasteiger partial charge in [-0.3, -0.25) is 0 Å². The highest BCUT2D eigenvalue weighted by Crippen LogP contribution is 2.41. The molecule has 1 aromatic rings. The molecule has 1 fully saturated rings. The molecule has 2 heteroatoms. The fraction of sp³-hybridized carbons (Fsp3) is 0.500. The number of fused-ring (bicyclic) bond motifs is 2. The summed E-state index contributed by atoms with van der Waals surface area (Å²) in [5.74, 6) is -0.394. The molecule has 0 unspecified atom stereocenters. The molecule has 0 N–H and O–H groups in total. The third-order valence-electron chi connectivity index (χ3n) is 3.13. The molecule has 1 spiro atoms. The minimum absolute atomic E-state index is 0.394. The van der Waals surface area contributed by atoms with Gasteiger partial charge in [0.2, 0.25) is 0 Å². The molecule has 0 bridgehead atoms. The molecule has 1 heterocycles. The molecular formula is C12H14O2. The van der Waals surface area contributed by atoms with Crippen LogP contribution in [0.15, 0.2) is 24.3 Å². The Morgan fingerprint density at radius 3 is 2.71 bits per heavy atom. The summed E-state index contributed by atoms with van der Waals surface area (Å²) in [6, 6.07) is 8.48. The molecule has 1 saturated heterocycles. The van der Waals surface area contributed by atoms with E-state index in [-0.39, 0.29) is 0 Å². The van der Waals surface area contributed by atoms with E-state index < -0.39 is 5.79 Å². The van der Waals surface area contributed by atoms with Crippen molar-refractivity contribution in [2.45, 2.75) is 25.0 Å². The van der Waals surface area contributed by atoms with Crippen molar-refractivity contribution in [1.29, 1.82) is 0 Å². The number of hydrogen-bond acceptors (Lipinski definition) is 2. The van der Waals surface area contributed by atoms with Crippen LogP contribution in [0, 0.1) is 0 Å². The third-order valence-corrected chi connectivity index (χ3v) is 3.13. The first-order chi connectivity index (χ1) is 6.91. The third kappa shape index (κ3) is 1.11.